The summed E-state index contributed by atoms with van der Waals surface area (Å²) < 4.78 is 14.3. The summed E-state index contributed by atoms with van der Waals surface area (Å²) in [6.07, 6.45) is 2.79. The zero-order valence-electron chi connectivity index (χ0n) is 10.3. The highest BCUT2D eigenvalue weighted by molar-refractivity contribution is 5.84. The van der Waals surface area contributed by atoms with Gasteiger partial charge in [-0.25, -0.2) is 4.79 Å². The Balaban J connectivity index is 2.07. The van der Waals surface area contributed by atoms with Crippen LogP contribution in [0.15, 0.2) is 21.1 Å². The van der Waals surface area contributed by atoms with Gasteiger partial charge in [-0.1, -0.05) is 5.16 Å². The lowest BCUT2D eigenvalue weighted by Crippen LogP contribution is -2.04. The fraction of sp³-hybridized carbons (Fsp3) is 0.182. The van der Waals surface area contributed by atoms with Crippen molar-refractivity contribution in [1.82, 2.24) is 10.1 Å². The van der Waals surface area contributed by atoms with Gasteiger partial charge in [0.15, 0.2) is 5.82 Å². The maximum absolute atomic E-state index is 11.3. The third-order valence-electron chi connectivity index (χ3n) is 2.08. The summed E-state index contributed by atoms with van der Waals surface area (Å²) in [5.41, 5.74) is 0. The summed E-state index contributed by atoms with van der Waals surface area (Å²) in [5, 5.41) is 14.0. The van der Waals surface area contributed by atoms with E-state index in [1.807, 2.05) is 0 Å². The molecule has 0 saturated heterocycles. The molecule has 0 radical (unpaired) electrons. The number of nitro groups is 1. The summed E-state index contributed by atoms with van der Waals surface area (Å²) in [6, 6.07) is 2.64. The van der Waals surface area contributed by atoms with Crippen LogP contribution in [0.4, 0.5) is 5.88 Å². The molecule has 0 bridgehead atoms. The molecule has 0 aromatic carbocycles. The van der Waals surface area contributed by atoms with E-state index in [0.717, 1.165) is 0 Å². The van der Waals surface area contributed by atoms with Crippen molar-refractivity contribution in [2.75, 3.05) is 6.61 Å². The zero-order chi connectivity index (χ0) is 14.5. The highest BCUT2D eigenvalue weighted by Gasteiger charge is 2.15. The topological polar surface area (TPSA) is 122 Å². The second-order valence-electron chi connectivity index (χ2n) is 3.44. The van der Waals surface area contributed by atoms with E-state index in [1.165, 1.54) is 24.3 Å². The molecule has 9 heteroatoms. The first-order valence-corrected chi connectivity index (χ1v) is 5.53. The van der Waals surface area contributed by atoms with Crippen molar-refractivity contribution < 1.29 is 23.4 Å². The Kier molecular flexibility index (Phi) is 3.89. The van der Waals surface area contributed by atoms with Gasteiger partial charge in [0.1, 0.15) is 10.7 Å². The molecule has 0 amide bonds. The molecular weight excluding hydrogens is 270 g/mol. The predicted molar refractivity (Wildman–Crippen MR) is 64.5 cm³/mol. The molecule has 2 aromatic rings. The van der Waals surface area contributed by atoms with Crippen LogP contribution in [0.5, 0.6) is 0 Å². The lowest BCUT2D eigenvalue weighted by Gasteiger charge is -1.92. The third-order valence-corrected chi connectivity index (χ3v) is 2.08. The van der Waals surface area contributed by atoms with Gasteiger partial charge in [0, 0.05) is 0 Å². The number of carbonyl (C=O) groups is 1. The maximum atomic E-state index is 11.3. The minimum atomic E-state index is -0.715. The van der Waals surface area contributed by atoms with Crippen LogP contribution in [-0.2, 0) is 4.74 Å². The molecule has 0 spiro atoms. The Morgan fingerprint density at radius 1 is 1.50 bits per heavy atom. The van der Waals surface area contributed by atoms with Crippen LogP contribution in [0.3, 0.4) is 0 Å². The third kappa shape index (κ3) is 3.07. The molecule has 0 saturated carbocycles. The van der Waals surface area contributed by atoms with Gasteiger partial charge in [0.05, 0.1) is 12.7 Å². The summed E-state index contributed by atoms with van der Waals surface area (Å²) in [5.74, 6) is -0.985. The normalized spacial score (nSPS) is 10.8. The van der Waals surface area contributed by atoms with Gasteiger partial charge >= 0.3 is 17.7 Å². The minimum Gasteiger partial charge on any atom is -0.459 e. The van der Waals surface area contributed by atoms with Crippen molar-refractivity contribution in [3.05, 3.63) is 39.7 Å². The molecule has 0 aliphatic rings. The molecule has 0 N–H and O–H groups in total. The lowest BCUT2D eigenvalue weighted by atomic mass is 10.4. The summed E-state index contributed by atoms with van der Waals surface area (Å²) >= 11 is 0. The van der Waals surface area contributed by atoms with Crippen molar-refractivity contribution in [3.8, 4) is 0 Å². The van der Waals surface area contributed by atoms with Crippen molar-refractivity contribution in [3.63, 3.8) is 0 Å². The van der Waals surface area contributed by atoms with Gasteiger partial charge in [-0.2, -0.15) is 4.98 Å². The van der Waals surface area contributed by atoms with Crippen LogP contribution in [-0.4, -0.2) is 27.6 Å². The van der Waals surface area contributed by atoms with E-state index < -0.39 is 10.9 Å². The summed E-state index contributed by atoms with van der Waals surface area (Å²) in [6.45, 7) is 1.85. The van der Waals surface area contributed by atoms with Crippen LogP contribution >= 0.6 is 0 Å². The van der Waals surface area contributed by atoms with Crippen molar-refractivity contribution in [2.24, 2.45) is 0 Å². The van der Waals surface area contributed by atoms with E-state index >= 15 is 0 Å². The lowest BCUT2D eigenvalue weighted by molar-refractivity contribution is -0.402. The molecule has 2 heterocycles. The molecule has 0 aliphatic carbocycles. The molecule has 2 rings (SSSR count). The summed E-state index contributed by atoms with van der Waals surface area (Å²) in [7, 11) is 0. The van der Waals surface area contributed by atoms with E-state index in [4.69, 9.17) is 4.42 Å². The van der Waals surface area contributed by atoms with Crippen LogP contribution in [0.1, 0.15) is 29.2 Å². The van der Waals surface area contributed by atoms with E-state index in [0.29, 0.717) is 0 Å². The Hall–Kier alpha value is -2.97. The monoisotopic (exact) mass is 279 g/mol. The van der Waals surface area contributed by atoms with Crippen LogP contribution in [0, 0.1) is 10.1 Å². The van der Waals surface area contributed by atoms with Crippen LogP contribution in [0.25, 0.3) is 12.2 Å². The number of rotatable bonds is 5. The zero-order valence-corrected chi connectivity index (χ0v) is 10.3. The van der Waals surface area contributed by atoms with E-state index in [2.05, 4.69) is 19.4 Å². The number of furan rings is 1. The Labute approximate surface area is 112 Å². The van der Waals surface area contributed by atoms with Gasteiger partial charge in [0.2, 0.25) is 0 Å². The number of nitrogens with zero attached hydrogens (tertiary/aromatic N) is 3. The standard InChI is InChI=1S/C11H9N3O6/c1-2-18-11(15)10-12-8(13-20-10)5-3-7-4-6-9(19-7)14(16)17/h3-6H,2H2,1H3/b5-3+. The molecule has 0 aliphatic heterocycles. The largest absolute Gasteiger partial charge is 0.459 e. The van der Waals surface area contributed by atoms with Gasteiger partial charge in [-0.3, -0.25) is 10.1 Å². The Morgan fingerprint density at radius 2 is 2.30 bits per heavy atom. The first kappa shape index (κ1) is 13.5. The molecule has 104 valence electrons. The van der Waals surface area contributed by atoms with Gasteiger partial charge < -0.3 is 13.7 Å². The highest BCUT2D eigenvalue weighted by Crippen LogP contribution is 2.17. The molecule has 0 atom stereocenters. The Morgan fingerprint density at radius 3 is 2.95 bits per heavy atom. The Bertz CT molecular complexity index is 657. The average Bonchev–Trinajstić information content (AvgIpc) is 3.06. The van der Waals surface area contributed by atoms with Crippen molar-refractivity contribution >= 4 is 24.0 Å². The molecule has 0 unspecified atom stereocenters. The molecular formula is C11H9N3O6. The quantitative estimate of drug-likeness (QED) is 0.462. The first-order chi connectivity index (χ1) is 9.60. The minimum absolute atomic E-state index is 0.118. The van der Waals surface area contributed by atoms with E-state index in [9.17, 15) is 14.9 Å². The first-order valence-electron chi connectivity index (χ1n) is 5.53. The number of hydrogen-bond donors (Lipinski definition) is 0. The molecule has 20 heavy (non-hydrogen) atoms. The number of hydrogen-bond acceptors (Lipinski definition) is 8. The van der Waals surface area contributed by atoms with Crippen LogP contribution in [0.2, 0.25) is 0 Å². The van der Waals surface area contributed by atoms with E-state index in [1.54, 1.807) is 6.92 Å². The average molecular weight is 279 g/mol. The molecule has 2 aromatic heterocycles. The number of carbonyl (C=O) groups excluding carboxylic acids is 1. The highest BCUT2D eigenvalue weighted by atomic mass is 16.6. The molecule has 0 fully saturated rings. The fourth-order valence-corrected chi connectivity index (χ4v) is 1.26. The summed E-state index contributed by atoms with van der Waals surface area (Å²) in [4.78, 5) is 24.8. The number of ether oxygens (including phenoxy) is 1. The van der Waals surface area contributed by atoms with Gasteiger partial charge in [-0.15, -0.1) is 0 Å². The van der Waals surface area contributed by atoms with Crippen molar-refractivity contribution in [1.29, 1.82) is 0 Å². The van der Waals surface area contributed by atoms with Gasteiger partial charge in [0.25, 0.3) is 0 Å². The fourth-order valence-electron chi connectivity index (χ4n) is 1.26. The second-order valence-corrected chi connectivity index (χ2v) is 3.44. The second kappa shape index (κ2) is 5.78. The van der Waals surface area contributed by atoms with Crippen LogP contribution < -0.4 is 0 Å². The SMILES string of the molecule is CCOC(=O)c1nc(/C=C/c2ccc([N+](=O)[O-])o2)no1. The maximum Gasteiger partial charge on any atom is 0.433 e. The van der Waals surface area contributed by atoms with Crippen molar-refractivity contribution in [2.45, 2.75) is 6.92 Å². The molecule has 9 nitrogen and oxygen atoms in total. The number of aromatic nitrogens is 2. The number of esters is 1. The predicted octanol–water partition coefficient (Wildman–Crippen LogP) is 1.92. The smallest absolute Gasteiger partial charge is 0.433 e. The van der Waals surface area contributed by atoms with Gasteiger partial charge in [-0.05, 0) is 25.1 Å². The van der Waals surface area contributed by atoms with E-state index in [-0.39, 0.29) is 30.0 Å².